The van der Waals surface area contributed by atoms with E-state index in [1.807, 2.05) is 31.2 Å². The van der Waals surface area contributed by atoms with Crippen molar-refractivity contribution in [3.8, 4) is 5.75 Å². The maximum Gasteiger partial charge on any atom is 0.329 e. The van der Waals surface area contributed by atoms with E-state index in [1.165, 1.54) is 18.2 Å². The van der Waals surface area contributed by atoms with Crippen LogP contribution < -0.4 is 5.32 Å². The van der Waals surface area contributed by atoms with E-state index in [0.29, 0.717) is 5.56 Å². The van der Waals surface area contributed by atoms with E-state index in [2.05, 4.69) is 5.32 Å². The van der Waals surface area contributed by atoms with Crippen molar-refractivity contribution in [3.63, 3.8) is 0 Å². The Morgan fingerprint density at radius 1 is 1.12 bits per heavy atom. The summed E-state index contributed by atoms with van der Waals surface area (Å²) in [5, 5.41) is 12.2. The number of benzene rings is 2. The minimum atomic E-state index is -0.493. The van der Waals surface area contributed by atoms with Gasteiger partial charge >= 0.3 is 6.03 Å². The van der Waals surface area contributed by atoms with Gasteiger partial charge < -0.3 is 10.4 Å². The highest BCUT2D eigenvalue weighted by atomic mass is 35.5. The molecule has 1 saturated heterocycles. The third-order valence-electron chi connectivity index (χ3n) is 3.77. The summed E-state index contributed by atoms with van der Waals surface area (Å²) in [7, 11) is 0. The van der Waals surface area contributed by atoms with Crippen molar-refractivity contribution in [1.29, 1.82) is 0 Å². The Hall–Kier alpha value is -2.50. The molecule has 25 heavy (non-hydrogen) atoms. The zero-order valence-corrected chi connectivity index (χ0v) is 14.7. The van der Waals surface area contributed by atoms with Gasteiger partial charge in [0.15, 0.2) is 5.75 Å². The number of carbonyl (C=O) groups excluding carboxylic acids is 2. The molecular weight excluding hydrogens is 363 g/mol. The predicted molar refractivity (Wildman–Crippen MR) is 96.4 cm³/mol. The number of urea groups is 1. The van der Waals surface area contributed by atoms with E-state index < -0.39 is 11.9 Å². The highest BCUT2D eigenvalue weighted by Gasteiger charge is 2.33. The Labute approximate surface area is 154 Å². The summed E-state index contributed by atoms with van der Waals surface area (Å²) >= 11 is 11.7. The molecule has 0 aromatic heterocycles. The van der Waals surface area contributed by atoms with Gasteiger partial charge in [0.1, 0.15) is 5.70 Å². The van der Waals surface area contributed by atoms with Crippen LogP contribution in [0.1, 0.15) is 16.7 Å². The number of phenolic OH excluding ortho intramolecular Hbond substituents is 1. The summed E-state index contributed by atoms with van der Waals surface area (Å²) in [6, 6.07) is 10.0. The van der Waals surface area contributed by atoms with Crippen molar-refractivity contribution in [3.05, 3.63) is 68.8 Å². The van der Waals surface area contributed by atoms with Gasteiger partial charge in [-0.05, 0) is 36.3 Å². The van der Waals surface area contributed by atoms with Gasteiger partial charge in [0, 0.05) is 0 Å². The first kappa shape index (κ1) is 17.3. The molecule has 0 spiro atoms. The van der Waals surface area contributed by atoms with Crippen molar-refractivity contribution < 1.29 is 14.7 Å². The Morgan fingerprint density at radius 3 is 2.32 bits per heavy atom. The number of amides is 3. The molecule has 0 aliphatic carbocycles. The van der Waals surface area contributed by atoms with Crippen molar-refractivity contribution >= 4 is 41.2 Å². The van der Waals surface area contributed by atoms with Gasteiger partial charge in [-0.3, -0.25) is 9.69 Å². The molecular formula is C18H14Cl2N2O3. The minimum absolute atomic E-state index is 0.0626. The zero-order valence-electron chi connectivity index (χ0n) is 13.2. The van der Waals surface area contributed by atoms with Crippen LogP contribution in [0.3, 0.4) is 0 Å². The molecule has 0 radical (unpaired) electrons. The van der Waals surface area contributed by atoms with Gasteiger partial charge in [-0.15, -0.1) is 0 Å². The van der Waals surface area contributed by atoms with Crippen LogP contribution in [0.25, 0.3) is 6.08 Å². The summed E-state index contributed by atoms with van der Waals surface area (Å²) in [5.41, 5.74) is 2.57. The number of halogens is 2. The lowest BCUT2D eigenvalue weighted by Gasteiger charge is -2.11. The van der Waals surface area contributed by atoms with Gasteiger partial charge in [0.05, 0.1) is 16.6 Å². The van der Waals surface area contributed by atoms with E-state index in [9.17, 15) is 14.7 Å². The number of aromatic hydroxyl groups is 1. The Kier molecular flexibility index (Phi) is 4.70. The molecule has 0 saturated carbocycles. The van der Waals surface area contributed by atoms with Crippen LogP contribution in [0, 0.1) is 6.92 Å². The van der Waals surface area contributed by atoms with Gasteiger partial charge in [-0.1, -0.05) is 53.0 Å². The SMILES string of the molecule is Cc1ccc(CN2C(=O)N/C(=C/c3cc(Cl)c(O)c(Cl)c3)C2=O)cc1. The Balaban J connectivity index is 1.84. The molecule has 0 atom stereocenters. The largest absolute Gasteiger partial charge is 0.505 e. The average Bonchev–Trinajstić information content (AvgIpc) is 2.82. The summed E-state index contributed by atoms with van der Waals surface area (Å²) in [6.45, 7) is 2.14. The van der Waals surface area contributed by atoms with Gasteiger partial charge in [-0.25, -0.2) is 4.79 Å². The number of nitrogens with one attached hydrogen (secondary N) is 1. The van der Waals surface area contributed by atoms with Crippen LogP contribution in [0.4, 0.5) is 4.79 Å². The number of phenols is 1. The van der Waals surface area contributed by atoms with Crippen LogP contribution >= 0.6 is 23.2 Å². The number of hydrogen-bond donors (Lipinski definition) is 2. The Morgan fingerprint density at radius 2 is 1.72 bits per heavy atom. The van der Waals surface area contributed by atoms with Crippen LogP contribution in [-0.2, 0) is 11.3 Å². The summed E-state index contributed by atoms with van der Waals surface area (Å²) < 4.78 is 0. The van der Waals surface area contributed by atoms with E-state index >= 15 is 0 Å². The van der Waals surface area contributed by atoms with Crippen molar-refractivity contribution in [2.24, 2.45) is 0 Å². The van der Waals surface area contributed by atoms with E-state index in [4.69, 9.17) is 23.2 Å². The van der Waals surface area contributed by atoms with Gasteiger partial charge in [0.25, 0.3) is 5.91 Å². The summed E-state index contributed by atoms with van der Waals surface area (Å²) in [6.07, 6.45) is 1.46. The molecule has 0 unspecified atom stereocenters. The van der Waals surface area contributed by atoms with Crippen molar-refractivity contribution in [2.75, 3.05) is 0 Å². The number of carbonyl (C=O) groups is 2. The van der Waals surface area contributed by atoms with Crippen LogP contribution in [0.2, 0.25) is 10.0 Å². The van der Waals surface area contributed by atoms with Crippen LogP contribution in [0.15, 0.2) is 42.1 Å². The molecule has 2 aromatic rings. The van der Waals surface area contributed by atoms with Crippen LogP contribution in [0.5, 0.6) is 5.75 Å². The highest BCUT2D eigenvalue weighted by molar-refractivity contribution is 6.37. The fourth-order valence-corrected chi connectivity index (χ4v) is 2.93. The topological polar surface area (TPSA) is 69.6 Å². The summed E-state index contributed by atoms with van der Waals surface area (Å²) in [4.78, 5) is 25.7. The molecule has 1 aliphatic heterocycles. The fraction of sp³-hybridized carbons (Fsp3) is 0.111. The van der Waals surface area contributed by atoms with Crippen LogP contribution in [-0.4, -0.2) is 21.9 Å². The second kappa shape index (κ2) is 6.78. The molecule has 1 aliphatic rings. The maximum atomic E-state index is 12.5. The second-order valence-corrected chi connectivity index (χ2v) is 6.51. The number of hydrogen-bond acceptors (Lipinski definition) is 3. The predicted octanol–water partition coefficient (Wildman–Crippen LogP) is 4.10. The smallest absolute Gasteiger partial charge is 0.329 e. The molecule has 1 fully saturated rings. The molecule has 2 N–H and O–H groups in total. The number of rotatable bonds is 3. The van der Waals surface area contributed by atoms with Crippen molar-refractivity contribution in [2.45, 2.75) is 13.5 Å². The highest BCUT2D eigenvalue weighted by Crippen LogP contribution is 2.33. The monoisotopic (exact) mass is 376 g/mol. The quantitative estimate of drug-likeness (QED) is 0.625. The second-order valence-electron chi connectivity index (χ2n) is 5.70. The summed E-state index contributed by atoms with van der Waals surface area (Å²) in [5.74, 6) is -0.667. The molecule has 5 nitrogen and oxygen atoms in total. The number of nitrogens with zero attached hydrogens (tertiary/aromatic N) is 1. The van der Waals surface area contributed by atoms with Gasteiger partial charge in [-0.2, -0.15) is 0 Å². The fourth-order valence-electron chi connectivity index (χ4n) is 2.43. The molecule has 128 valence electrons. The average molecular weight is 377 g/mol. The third-order valence-corrected chi connectivity index (χ3v) is 4.35. The Bertz CT molecular complexity index is 869. The number of aryl methyl sites for hydroxylation is 1. The van der Waals surface area contributed by atoms with E-state index in [1.54, 1.807) is 0 Å². The lowest BCUT2D eigenvalue weighted by atomic mass is 10.1. The molecule has 3 rings (SSSR count). The van der Waals surface area contributed by atoms with Gasteiger partial charge in [0.2, 0.25) is 0 Å². The third kappa shape index (κ3) is 3.62. The van der Waals surface area contributed by atoms with Crippen molar-refractivity contribution in [1.82, 2.24) is 10.2 Å². The standard InChI is InChI=1S/C18H14Cl2N2O3/c1-10-2-4-11(5-3-10)9-22-17(24)15(21-18(22)25)8-12-6-13(19)16(23)14(20)7-12/h2-8,23H,9H2,1H3,(H,21,25)/b15-8+. The molecule has 2 aromatic carbocycles. The molecule has 1 heterocycles. The zero-order chi connectivity index (χ0) is 18.1. The molecule has 7 heteroatoms. The molecule has 3 amide bonds. The van der Waals surface area contributed by atoms with E-state index in [0.717, 1.165) is 16.0 Å². The number of imide groups is 1. The minimum Gasteiger partial charge on any atom is -0.505 e. The first-order valence-electron chi connectivity index (χ1n) is 7.43. The normalized spacial score (nSPS) is 15.8. The first-order valence-corrected chi connectivity index (χ1v) is 8.19. The maximum absolute atomic E-state index is 12.5. The molecule has 0 bridgehead atoms. The first-order chi connectivity index (χ1) is 11.8. The van der Waals surface area contributed by atoms with E-state index in [-0.39, 0.29) is 28.0 Å². The lowest BCUT2D eigenvalue weighted by molar-refractivity contribution is -0.123. The lowest BCUT2D eigenvalue weighted by Crippen LogP contribution is -2.30.